The van der Waals surface area contributed by atoms with E-state index in [0.29, 0.717) is 0 Å². The Morgan fingerprint density at radius 3 is 1.32 bits per heavy atom. The molecule has 0 spiro atoms. The SMILES string of the molecule is CC(C)(C)c1cc(-n2c3ccc(S(c4ccccc4)(c4ccccc4)c4ccccc4)cc3c3cc([SH](C)(C4=CC=CCC4)(c4ccccc4)c4ccccc4)ccc32)cc(C(C)(C)C)c1. The Labute approximate surface area is 395 Å². The summed E-state index contributed by atoms with van der Waals surface area (Å²) < 4.78 is 2.57. The number of fused-ring (bicyclic) bond motifs is 3. The van der Waals surface area contributed by atoms with Gasteiger partial charge in [-0.05, 0) is 146 Å². The first-order chi connectivity index (χ1) is 31.8. The van der Waals surface area contributed by atoms with E-state index in [1.165, 1.54) is 77.8 Å². The van der Waals surface area contributed by atoms with E-state index < -0.39 is 19.2 Å². The zero-order valence-corrected chi connectivity index (χ0v) is 41.3. The summed E-state index contributed by atoms with van der Waals surface area (Å²) in [4.78, 5) is 11.0. The summed E-state index contributed by atoms with van der Waals surface area (Å²) >= 11 is 0. The number of benzene rings is 8. The van der Waals surface area contributed by atoms with Gasteiger partial charge in [0.1, 0.15) is 0 Å². The van der Waals surface area contributed by atoms with E-state index in [-0.39, 0.29) is 10.8 Å². The van der Waals surface area contributed by atoms with Gasteiger partial charge in [0.15, 0.2) is 0 Å². The van der Waals surface area contributed by atoms with Gasteiger partial charge >= 0.3 is 0 Å². The minimum absolute atomic E-state index is 0.0356. The summed E-state index contributed by atoms with van der Waals surface area (Å²) in [5, 5.41) is 2.55. The van der Waals surface area contributed by atoms with Crippen molar-refractivity contribution in [2.75, 3.05) is 6.26 Å². The molecular weight excluding hydrogens is 835 g/mol. The van der Waals surface area contributed by atoms with Crippen molar-refractivity contribution in [3.05, 3.63) is 241 Å². The van der Waals surface area contributed by atoms with Gasteiger partial charge in [-0.15, -0.1) is 10.0 Å². The predicted molar refractivity (Wildman–Crippen MR) is 287 cm³/mol. The van der Waals surface area contributed by atoms with Gasteiger partial charge in [0.05, 0.1) is 11.0 Å². The lowest BCUT2D eigenvalue weighted by Crippen LogP contribution is -2.22. The fraction of sp³-hybridized carbons (Fsp3) is 0.175. The first-order valence-corrected chi connectivity index (χ1v) is 27.9. The van der Waals surface area contributed by atoms with Gasteiger partial charge in [-0.25, -0.2) is 9.16 Å². The van der Waals surface area contributed by atoms with Gasteiger partial charge in [0, 0.05) is 36.0 Å². The Morgan fingerprint density at radius 2 is 0.879 bits per heavy atom. The van der Waals surface area contributed by atoms with Crippen LogP contribution in [-0.4, -0.2) is 10.8 Å². The van der Waals surface area contributed by atoms with Crippen molar-refractivity contribution in [2.45, 2.75) is 99.5 Å². The van der Waals surface area contributed by atoms with Crippen LogP contribution in [0, 0.1) is 0 Å². The van der Waals surface area contributed by atoms with Crippen LogP contribution in [0.3, 0.4) is 0 Å². The minimum atomic E-state index is -3.31. The molecule has 0 fully saturated rings. The second-order valence-electron chi connectivity index (χ2n) is 20.4. The van der Waals surface area contributed by atoms with E-state index in [1.54, 1.807) is 0 Å². The molecule has 0 radical (unpaired) electrons. The quantitative estimate of drug-likeness (QED) is 0.138. The van der Waals surface area contributed by atoms with Crippen molar-refractivity contribution in [1.29, 1.82) is 0 Å². The molecule has 1 nitrogen and oxygen atoms in total. The topological polar surface area (TPSA) is 4.93 Å². The predicted octanol–water partition coefficient (Wildman–Crippen LogP) is 18.1. The molecule has 0 aliphatic heterocycles. The van der Waals surface area contributed by atoms with Crippen molar-refractivity contribution in [3.63, 3.8) is 0 Å². The lowest BCUT2D eigenvalue weighted by atomic mass is 9.80. The third-order valence-corrected chi connectivity index (χ3v) is 24.9. The van der Waals surface area contributed by atoms with E-state index in [9.17, 15) is 0 Å². The van der Waals surface area contributed by atoms with Crippen molar-refractivity contribution in [1.82, 2.24) is 4.57 Å². The molecule has 0 saturated heterocycles. The number of aromatic nitrogens is 1. The molecular formula is C63H63NS2. The Morgan fingerprint density at radius 1 is 0.439 bits per heavy atom. The Kier molecular flexibility index (Phi) is 10.9. The molecule has 1 aromatic heterocycles. The van der Waals surface area contributed by atoms with Crippen LogP contribution in [0.4, 0.5) is 0 Å². The van der Waals surface area contributed by atoms with Crippen LogP contribution in [0.5, 0.6) is 0 Å². The van der Waals surface area contributed by atoms with Crippen LogP contribution >= 0.6 is 19.2 Å². The number of thiol groups is 1. The van der Waals surface area contributed by atoms with Crippen LogP contribution in [0.15, 0.2) is 264 Å². The number of rotatable bonds is 9. The van der Waals surface area contributed by atoms with E-state index in [4.69, 9.17) is 0 Å². The average Bonchev–Trinajstić information content (AvgIpc) is 3.68. The van der Waals surface area contributed by atoms with Gasteiger partial charge < -0.3 is 4.57 Å². The summed E-state index contributed by atoms with van der Waals surface area (Å²) in [6, 6.07) is 79.1. The second kappa shape index (κ2) is 16.6. The normalized spacial score (nSPS) is 14.5. The summed E-state index contributed by atoms with van der Waals surface area (Å²) in [6.45, 7) is 14.1. The van der Waals surface area contributed by atoms with Crippen molar-refractivity contribution >= 4 is 41.0 Å². The standard InChI is InChI=1S/C63H63NS2/c1-62(2,3)47-42-48(63(4,5)6)44-49(43-47)64-60-40-38-53(65(50-26-14-8-15-27-50,51-28-16-9-17-29-51)52-30-18-10-19-31-52)45-58(60)59-46-57(39-41-61(59)64)66(7,54-32-20-11-21-33-54,55-34-22-12-23-35-55)56-36-24-13-25-37-56/h8-24,26-36,38-46,66H,25,37H2,1-7H3. The fourth-order valence-electron chi connectivity index (χ4n) is 10.7. The molecule has 3 heteroatoms. The van der Waals surface area contributed by atoms with Gasteiger partial charge in [-0.1, -0.05) is 181 Å². The average molecular weight is 898 g/mol. The first kappa shape index (κ1) is 43.6. The molecule has 332 valence electrons. The fourth-order valence-corrected chi connectivity index (χ4v) is 20.4. The summed E-state index contributed by atoms with van der Waals surface area (Å²) in [5.74, 6) is 0. The smallest absolute Gasteiger partial charge is 0.0541 e. The molecule has 0 N–H and O–H groups in total. The summed E-state index contributed by atoms with van der Waals surface area (Å²) in [5.41, 5.74) is 6.27. The summed E-state index contributed by atoms with van der Waals surface area (Å²) in [6.07, 6.45) is 11.8. The monoisotopic (exact) mass is 897 g/mol. The Balaban J connectivity index is 1.38. The molecule has 1 aliphatic carbocycles. The zero-order chi connectivity index (χ0) is 45.8. The molecule has 0 bridgehead atoms. The van der Waals surface area contributed by atoms with E-state index in [0.717, 1.165) is 12.8 Å². The van der Waals surface area contributed by atoms with E-state index in [1.807, 2.05) is 0 Å². The number of hydrogen-bond donors (Lipinski definition) is 1. The van der Waals surface area contributed by atoms with Crippen molar-refractivity contribution in [2.24, 2.45) is 0 Å². The van der Waals surface area contributed by atoms with E-state index >= 15 is 0 Å². The Hall–Kier alpha value is -6.26. The molecule has 66 heavy (non-hydrogen) atoms. The molecule has 8 aromatic carbocycles. The van der Waals surface area contributed by atoms with Crippen LogP contribution in [0.25, 0.3) is 27.5 Å². The van der Waals surface area contributed by atoms with Crippen LogP contribution in [-0.2, 0) is 10.8 Å². The van der Waals surface area contributed by atoms with Crippen LogP contribution < -0.4 is 0 Å². The van der Waals surface area contributed by atoms with Crippen LogP contribution in [0.1, 0.15) is 65.5 Å². The third-order valence-electron chi connectivity index (χ3n) is 14.4. The maximum Gasteiger partial charge on any atom is 0.0541 e. The molecule has 1 heterocycles. The highest BCUT2D eigenvalue weighted by molar-refractivity contribution is 8.52. The highest BCUT2D eigenvalue weighted by atomic mass is 32.3. The number of hydrogen-bond acceptors (Lipinski definition) is 0. The molecule has 0 atom stereocenters. The second-order valence-corrected chi connectivity index (χ2v) is 28.8. The maximum absolute atomic E-state index is 3.31. The molecule has 1 aliphatic rings. The lowest BCUT2D eigenvalue weighted by Gasteiger charge is -2.62. The summed E-state index contributed by atoms with van der Waals surface area (Å²) in [7, 11) is -5.26. The molecule has 9 aromatic rings. The van der Waals surface area contributed by atoms with Gasteiger partial charge in [-0.3, -0.25) is 0 Å². The third kappa shape index (κ3) is 6.93. The first-order valence-electron chi connectivity index (χ1n) is 23.6. The van der Waals surface area contributed by atoms with Crippen molar-refractivity contribution in [3.8, 4) is 5.69 Å². The zero-order valence-electron chi connectivity index (χ0n) is 39.6. The lowest BCUT2D eigenvalue weighted by molar-refractivity contribution is 0.568. The Bertz CT molecular complexity index is 3090. The van der Waals surface area contributed by atoms with Gasteiger partial charge in [-0.2, -0.15) is 0 Å². The number of allylic oxidation sites excluding steroid dienone is 4. The van der Waals surface area contributed by atoms with Crippen LogP contribution in [0.2, 0.25) is 0 Å². The van der Waals surface area contributed by atoms with Gasteiger partial charge in [0.25, 0.3) is 0 Å². The number of nitrogens with zero attached hydrogens (tertiary/aromatic N) is 1. The molecule has 0 unspecified atom stereocenters. The molecule has 0 amide bonds. The minimum Gasteiger partial charge on any atom is -0.309 e. The largest absolute Gasteiger partial charge is 0.309 e. The highest BCUT2D eigenvalue weighted by Crippen LogP contribution is 2.88. The van der Waals surface area contributed by atoms with Crippen molar-refractivity contribution < 1.29 is 0 Å². The highest BCUT2D eigenvalue weighted by Gasteiger charge is 2.45. The molecule has 10 rings (SSSR count). The van der Waals surface area contributed by atoms with Gasteiger partial charge in [0.2, 0.25) is 0 Å². The van der Waals surface area contributed by atoms with E-state index in [2.05, 4.69) is 277 Å². The molecule has 0 saturated carbocycles. The maximum atomic E-state index is 2.63.